The van der Waals surface area contributed by atoms with Crippen LogP contribution in [0.3, 0.4) is 0 Å². The molecule has 182 valence electrons. The van der Waals surface area contributed by atoms with E-state index in [1.807, 2.05) is 0 Å². The van der Waals surface area contributed by atoms with Crippen molar-refractivity contribution in [3.8, 4) is 0 Å². The number of carbonyl (C=O) groups excluding carboxylic acids is 4. The highest BCUT2D eigenvalue weighted by Crippen LogP contribution is 2.28. The lowest BCUT2D eigenvalue weighted by atomic mass is 10.1. The summed E-state index contributed by atoms with van der Waals surface area (Å²) in [5.74, 6) is -3.05. The van der Waals surface area contributed by atoms with Gasteiger partial charge in [0.05, 0.1) is 33.6 Å². The summed E-state index contributed by atoms with van der Waals surface area (Å²) in [5, 5.41) is 0.765. The topological polar surface area (TPSA) is 84.0 Å². The van der Waals surface area contributed by atoms with E-state index in [0.717, 1.165) is 0 Å². The Morgan fingerprint density at radius 3 is 2.06 bits per heavy atom. The number of ether oxygens (including phenoxy) is 1. The van der Waals surface area contributed by atoms with E-state index in [1.54, 1.807) is 53.1 Å². The van der Waals surface area contributed by atoms with Gasteiger partial charge < -0.3 is 14.5 Å². The van der Waals surface area contributed by atoms with E-state index >= 15 is 0 Å². The van der Waals surface area contributed by atoms with Crippen LogP contribution >= 0.6 is 34.8 Å². The van der Waals surface area contributed by atoms with Crippen molar-refractivity contribution >= 4 is 64.1 Å². The van der Waals surface area contributed by atoms with Gasteiger partial charge in [-0.3, -0.25) is 14.4 Å². The number of carbonyl (C=O) groups is 4. The minimum atomic E-state index is -1.10. The average molecular weight is 528 g/mol. The minimum absolute atomic E-state index is 0.00855. The maximum atomic E-state index is 13.1. The Morgan fingerprint density at radius 1 is 0.882 bits per heavy atom. The lowest BCUT2D eigenvalue weighted by molar-refractivity contribution is -0.163. The third-order valence-electron chi connectivity index (χ3n) is 4.47. The van der Waals surface area contributed by atoms with Crippen molar-refractivity contribution in [3.63, 3.8) is 0 Å². The Morgan fingerprint density at radius 2 is 1.53 bits per heavy atom. The van der Waals surface area contributed by atoms with Gasteiger partial charge in [-0.1, -0.05) is 40.9 Å². The van der Waals surface area contributed by atoms with Gasteiger partial charge in [-0.2, -0.15) is 0 Å². The first-order chi connectivity index (χ1) is 15.7. The molecule has 0 atom stereocenters. The Labute approximate surface area is 213 Å². The number of nitrogens with zero attached hydrogens (tertiary/aromatic N) is 2. The zero-order chi connectivity index (χ0) is 25.8. The van der Waals surface area contributed by atoms with Crippen LogP contribution in [0, 0.1) is 0 Å². The molecule has 0 heterocycles. The van der Waals surface area contributed by atoms with Crippen molar-refractivity contribution < 1.29 is 23.9 Å². The van der Waals surface area contributed by atoms with Crippen LogP contribution in [-0.2, 0) is 25.7 Å². The number of anilines is 1. The van der Waals surface area contributed by atoms with Crippen LogP contribution in [-0.4, -0.2) is 48.2 Å². The highest BCUT2D eigenvalue weighted by molar-refractivity contribution is 6.42. The maximum Gasteiger partial charge on any atom is 0.375 e. The second-order valence-corrected chi connectivity index (χ2v) is 9.92. The number of ketones is 1. The molecule has 0 bridgehead atoms. The fourth-order valence-corrected chi connectivity index (χ4v) is 3.45. The summed E-state index contributed by atoms with van der Waals surface area (Å²) in [6, 6.07) is 9.33. The molecule has 0 spiro atoms. The summed E-state index contributed by atoms with van der Waals surface area (Å²) in [4.78, 5) is 52.6. The van der Waals surface area contributed by atoms with Crippen LogP contribution in [0.4, 0.5) is 5.69 Å². The molecule has 0 unspecified atom stereocenters. The number of Topliss-reactive ketones (excluding diaryl/α,β-unsaturated/α-hetero) is 1. The molecule has 7 nitrogen and oxygen atoms in total. The molecule has 2 rings (SSSR count). The Balaban J connectivity index is 2.39. The SMILES string of the molecule is CN(C)C(=O)c1ccc(N(Cc2ccc(Cl)c(Cl)c2)C(=O)CC(=O)C(=O)OC(C)(C)C)cc1Cl. The van der Waals surface area contributed by atoms with E-state index in [1.165, 1.54) is 28.0 Å². The number of rotatable bonds is 7. The highest BCUT2D eigenvalue weighted by atomic mass is 35.5. The fraction of sp³-hybridized carbons (Fsp3) is 0.333. The van der Waals surface area contributed by atoms with E-state index < -0.39 is 29.7 Å². The van der Waals surface area contributed by atoms with Gasteiger partial charge in [0.15, 0.2) is 0 Å². The van der Waals surface area contributed by atoms with Gasteiger partial charge in [0.25, 0.3) is 5.91 Å². The summed E-state index contributed by atoms with van der Waals surface area (Å²) >= 11 is 18.4. The Bertz CT molecular complexity index is 1130. The van der Waals surface area contributed by atoms with Crippen LogP contribution in [0.15, 0.2) is 36.4 Å². The molecule has 2 amide bonds. The molecule has 0 radical (unpaired) electrons. The minimum Gasteiger partial charge on any atom is -0.454 e. The zero-order valence-electron chi connectivity index (χ0n) is 19.4. The summed E-state index contributed by atoms with van der Waals surface area (Å²) < 4.78 is 5.06. The summed E-state index contributed by atoms with van der Waals surface area (Å²) in [6.45, 7) is 4.87. The molecule has 0 aliphatic heterocycles. The second-order valence-electron chi connectivity index (χ2n) is 8.69. The van der Waals surface area contributed by atoms with E-state index in [0.29, 0.717) is 21.3 Å². The molecule has 10 heteroatoms. The van der Waals surface area contributed by atoms with E-state index in [9.17, 15) is 19.2 Å². The molecule has 0 saturated heterocycles. The van der Waals surface area contributed by atoms with Gasteiger partial charge in [0.1, 0.15) is 5.60 Å². The van der Waals surface area contributed by atoms with Crippen molar-refractivity contribution in [1.29, 1.82) is 0 Å². The first-order valence-corrected chi connectivity index (χ1v) is 11.3. The lowest BCUT2D eigenvalue weighted by Crippen LogP contribution is -2.36. The normalized spacial score (nSPS) is 11.1. The third-order valence-corrected chi connectivity index (χ3v) is 5.52. The van der Waals surface area contributed by atoms with Crippen LogP contribution in [0.25, 0.3) is 0 Å². The van der Waals surface area contributed by atoms with Crippen LogP contribution in [0.2, 0.25) is 15.1 Å². The van der Waals surface area contributed by atoms with Crippen molar-refractivity contribution in [2.24, 2.45) is 0 Å². The van der Waals surface area contributed by atoms with Gasteiger partial charge in [-0.25, -0.2) is 4.79 Å². The standard InChI is InChI=1S/C24H25Cl3N2O5/c1-24(2,3)34-23(33)20(30)12-21(31)29(13-14-6-9-17(25)19(27)10-14)15-7-8-16(18(26)11-15)22(32)28(4)5/h6-11H,12-13H2,1-5H3. The van der Waals surface area contributed by atoms with Gasteiger partial charge in [0, 0.05) is 19.8 Å². The van der Waals surface area contributed by atoms with Crippen LogP contribution in [0.5, 0.6) is 0 Å². The lowest BCUT2D eigenvalue weighted by Gasteiger charge is -2.24. The summed E-state index contributed by atoms with van der Waals surface area (Å²) in [7, 11) is 3.18. The Hall–Kier alpha value is -2.61. The quantitative estimate of drug-likeness (QED) is 0.281. The fourth-order valence-electron chi connectivity index (χ4n) is 2.87. The van der Waals surface area contributed by atoms with Gasteiger partial charge in [0.2, 0.25) is 11.7 Å². The molecule has 0 aliphatic rings. The van der Waals surface area contributed by atoms with Crippen LogP contribution < -0.4 is 4.90 Å². The smallest absolute Gasteiger partial charge is 0.375 e. The van der Waals surface area contributed by atoms with Crippen molar-refractivity contribution in [2.45, 2.75) is 39.3 Å². The molecule has 0 aliphatic carbocycles. The Kier molecular flexibility index (Phi) is 9.11. The first kappa shape index (κ1) is 27.6. The monoisotopic (exact) mass is 526 g/mol. The molecular formula is C24H25Cl3N2O5. The number of hydrogen-bond donors (Lipinski definition) is 0. The van der Waals surface area contributed by atoms with E-state index in [4.69, 9.17) is 39.5 Å². The highest BCUT2D eigenvalue weighted by Gasteiger charge is 2.28. The summed E-state index contributed by atoms with van der Waals surface area (Å²) in [6.07, 6.45) is -0.716. The second kappa shape index (κ2) is 11.2. The average Bonchev–Trinajstić information content (AvgIpc) is 2.72. The number of halogens is 3. The van der Waals surface area contributed by atoms with E-state index in [2.05, 4.69) is 0 Å². The maximum absolute atomic E-state index is 13.1. The molecular weight excluding hydrogens is 503 g/mol. The number of benzene rings is 2. The van der Waals surface area contributed by atoms with Gasteiger partial charge in [-0.15, -0.1) is 0 Å². The number of esters is 1. The van der Waals surface area contributed by atoms with E-state index in [-0.39, 0.29) is 23.0 Å². The third kappa shape index (κ3) is 7.45. The van der Waals surface area contributed by atoms with Crippen molar-refractivity contribution in [1.82, 2.24) is 4.90 Å². The predicted molar refractivity (Wildman–Crippen MR) is 133 cm³/mol. The largest absolute Gasteiger partial charge is 0.454 e. The molecule has 0 aromatic heterocycles. The predicted octanol–water partition coefficient (Wildman–Crippen LogP) is 5.18. The first-order valence-electron chi connectivity index (χ1n) is 10.2. The van der Waals surface area contributed by atoms with Crippen LogP contribution in [0.1, 0.15) is 43.1 Å². The van der Waals surface area contributed by atoms with Crippen molar-refractivity contribution in [2.75, 3.05) is 19.0 Å². The molecule has 0 fully saturated rings. The van der Waals surface area contributed by atoms with Gasteiger partial charge >= 0.3 is 5.97 Å². The van der Waals surface area contributed by atoms with Gasteiger partial charge in [-0.05, 0) is 56.7 Å². The number of amides is 2. The van der Waals surface area contributed by atoms with Crippen molar-refractivity contribution in [3.05, 3.63) is 62.6 Å². The zero-order valence-corrected chi connectivity index (χ0v) is 21.7. The molecule has 2 aromatic carbocycles. The molecule has 2 aromatic rings. The molecule has 0 N–H and O–H groups in total. The number of hydrogen-bond acceptors (Lipinski definition) is 5. The summed E-state index contributed by atoms with van der Waals surface area (Å²) in [5.41, 5.74) is 0.324. The molecule has 0 saturated carbocycles. The molecule has 34 heavy (non-hydrogen) atoms.